The summed E-state index contributed by atoms with van der Waals surface area (Å²) >= 11 is 0. The van der Waals surface area contributed by atoms with E-state index >= 15 is 0 Å². The van der Waals surface area contributed by atoms with Gasteiger partial charge in [-0.2, -0.15) is 0 Å². The molecule has 5 N–H and O–H groups in total. The molecule has 1 fully saturated rings. The Balaban J connectivity index is 2.12. The summed E-state index contributed by atoms with van der Waals surface area (Å²) in [6, 6.07) is 14.6. The second kappa shape index (κ2) is 10.5. The maximum Gasteiger partial charge on any atom is 0.341 e. The average Bonchev–Trinajstić information content (AvgIpc) is 2.81. The monoisotopic (exact) mass is 503 g/mol. The Hall–Kier alpha value is -3.02. The molecule has 10 nitrogen and oxygen atoms in total. The first-order valence-electron chi connectivity index (χ1n) is 11.6. The van der Waals surface area contributed by atoms with Crippen LogP contribution in [-0.2, 0) is 31.3 Å². The zero-order valence-electron chi connectivity index (χ0n) is 20.7. The Kier molecular flexibility index (Phi) is 8.07. The molecule has 0 aliphatic carbocycles. The summed E-state index contributed by atoms with van der Waals surface area (Å²) in [5.41, 5.74) is -0.0777. The third kappa shape index (κ3) is 6.21. The maximum atomic E-state index is 12.6. The van der Waals surface area contributed by atoms with Crippen molar-refractivity contribution in [3.05, 3.63) is 65.7 Å². The predicted octanol–water partition coefficient (Wildman–Crippen LogP) is 1.09. The van der Waals surface area contributed by atoms with Crippen LogP contribution in [0.5, 0.6) is 5.75 Å². The molecule has 5 unspecified atom stereocenters. The molecular weight excluding hydrogens is 470 g/mol. The van der Waals surface area contributed by atoms with E-state index in [4.69, 9.17) is 14.2 Å². The first-order valence-corrected chi connectivity index (χ1v) is 11.6. The molecule has 1 aliphatic heterocycles. The fourth-order valence-corrected chi connectivity index (χ4v) is 3.87. The lowest BCUT2D eigenvalue weighted by Gasteiger charge is -2.40. The summed E-state index contributed by atoms with van der Waals surface area (Å²) < 4.78 is 16.6. The highest BCUT2D eigenvalue weighted by Gasteiger charge is 2.52. The van der Waals surface area contributed by atoms with Gasteiger partial charge >= 0.3 is 11.9 Å². The summed E-state index contributed by atoms with van der Waals surface area (Å²) in [4.78, 5) is 25.2. The molecule has 0 bridgehead atoms. The highest BCUT2D eigenvalue weighted by Crippen LogP contribution is 2.39. The summed E-state index contributed by atoms with van der Waals surface area (Å²) in [6.45, 7) is 7.17. The summed E-state index contributed by atoms with van der Waals surface area (Å²) in [5, 5.41) is 46.0. The number of carbonyl (C=O) groups excluding carboxylic acids is 2. The van der Waals surface area contributed by atoms with Crippen molar-refractivity contribution < 1.29 is 44.2 Å². The number of esters is 2. The van der Waals surface area contributed by atoms with E-state index in [9.17, 15) is 30.0 Å². The fraction of sp³-hybridized carbons (Fsp3) is 0.462. The van der Waals surface area contributed by atoms with Gasteiger partial charge in [0.1, 0.15) is 5.75 Å². The predicted molar refractivity (Wildman–Crippen MR) is 127 cm³/mol. The van der Waals surface area contributed by atoms with Gasteiger partial charge in [0, 0.05) is 18.4 Å². The van der Waals surface area contributed by atoms with Crippen molar-refractivity contribution >= 4 is 11.9 Å². The topological polar surface area (TPSA) is 155 Å². The first-order chi connectivity index (χ1) is 16.8. The van der Waals surface area contributed by atoms with Crippen LogP contribution in [0.4, 0.5) is 0 Å². The Bertz CT molecular complexity index is 1070. The lowest BCUT2D eigenvalue weighted by atomic mass is 9.93. The van der Waals surface area contributed by atoms with Gasteiger partial charge in [0.15, 0.2) is 18.3 Å². The molecule has 0 spiro atoms. The van der Waals surface area contributed by atoms with E-state index in [0.717, 1.165) is 0 Å². The van der Waals surface area contributed by atoms with Gasteiger partial charge in [0.05, 0.1) is 5.56 Å². The van der Waals surface area contributed by atoms with Crippen LogP contribution in [0.15, 0.2) is 54.6 Å². The minimum Gasteiger partial charge on any atom is -0.453 e. The zero-order chi connectivity index (χ0) is 26.7. The Morgan fingerprint density at radius 3 is 2.17 bits per heavy atom. The van der Waals surface area contributed by atoms with Crippen molar-refractivity contribution in [1.29, 1.82) is 0 Å². The quantitative estimate of drug-likeness (QED) is 0.274. The van der Waals surface area contributed by atoms with Crippen LogP contribution in [0.2, 0.25) is 0 Å². The molecule has 196 valence electrons. The van der Waals surface area contributed by atoms with Crippen molar-refractivity contribution in [1.82, 2.24) is 5.32 Å². The third-order valence-corrected chi connectivity index (χ3v) is 5.60. The third-order valence-electron chi connectivity index (χ3n) is 5.60. The van der Waals surface area contributed by atoms with E-state index in [2.05, 4.69) is 5.32 Å². The van der Waals surface area contributed by atoms with Crippen molar-refractivity contribution in [3.8, 4) is 5.75 Å². The zero-order valence-corrected chi connectivity index (χ0v) is 20.7. The van der Waals surface area contributed by atoms with Crippen LogP contribution < -0.4 is 10.1 Å². The van der Waals surface area contributed by atoms with E-state index < -0.39 is 47.5 Å². The molecule has 1 heterocycles. The standard InChI is InChI=1S/C26H33NO9/c1-5-25(32,27-24(2,3)4)35-18-14-10-9-13-17(18)26(33)19(15-16-11-7-6-8-12-16)34-22(30)20(28)21(29)23(31)36-26/h6-14,19-21,27-29,32-33H,5,15H2,1-4H3. The molecule has 0 amide bonds. The number of aliphatic hydroxyl groups excluding tert-OH is 2. The molecule has 3 rings (SSSR count). The fourth-order valence-electron chi connectivity index (χ4n) is 3.87. The van der Waals surface area contributed by atoms with Gasteiger partial charge in [-0.1, -0.05) is 49.4 Å². The Morgan fingerprint density at radius 2 is 1.56 bits per heavy atom. The smallest absolute Gasteiger partial charge is 0.341 e. The molecule has 0 radical (unpaired) electrons. The van der Waals surface area contributed by atoms with Crippen molar-refractivity contribution in [2.75, 3.05) is 0 Å². The lowest BCUT2D eigenvalue weighted by molar-refractivity contribution is -0.279. The minimum absolute atomic E-state index is 0.0707. The normalized spacial score (nSPS) is 26.7. The Morgan fingerprint density at radius 1 is 0.972 bits per heavy atom. The number of cyclic esters (lactones) is 2. The van der Waals surface area contributed by atoms with Crippen LogP contribution in [0, 0.1) is 0 Å². The molecule has 1 aliphatic rings. The van der Waals surface area contributed by atoms with Gasteiger partial charge in [-0.25, -0.2) is 9.59 Å². The molecule has 5 atom stereocenters. The SMILES string of the molecule is CCC(O)(NC(C)(C)C)Oc1ccccc1C1(O)OC(=O)C(O)C(O)C(=O)OC1Cc1ccccc1. The van der Waals surface area contributed by atoms with Crippen LogP contribution in [0.3, 0.4) is 0 Å². The average molecular weight is 504 g/mol. The number of hydrogen-bond donors (Lipinski definition) is 5. The first kappa shape index (κ1) is 27.6. The maximum absolute atomic E-state index is 12.6. The Labute approximate surface area is 209 Å². The van der Waals surface area contributed by atoms with Crippen molar-refractivity contribution in [2.24, 2.45) is 0 Å². The van der Waals surface area contributed by atoms with Crippen molar-refractivity contribution in [3.63, 3.8) is 0 Å². The van der Waals surface area contributed by atoms with Gasteiger partial charge in [-0.15, -0.1) is 0 Å². The van der Waals surface area contributed by atoms with E-state index in [1.807, 2.05) is 20.8 Å². The molecule has 2 aromatic rings. The molecule has 2 aromatic carbocycles. The number of para-hydroxylation sites is 1. The second-order valence-corrected chi connectivity index (χ2v) is 9.73. The van der Waals surface area contributed by atoms with E-state index in [0.29, 0.717) is 5.56 Å². The van der Waals surface area contributed by atoms with E-state index in [1.54, 1.807) is 43.3 Å². The van der Waals surface area contributed by atoms with Gasteiger partial charge in [-0.05, 0) is 38.5 Å². The summed E-state index contributed by atoms with van der Waals surface area (Å²) in [5.74, 6) is -7.35. The highest BCUT2D eigenvalue weighted by molar-refractivity contribution is 5.86. The van der Waals surface area contributed by atoms with Gasteiger partial charge in [0.2, 0.25) is 0 Å². The van der Waals surface area contributed by atoms with Crippen molar-refractivity contribution in [2.45, 2.75) is 76.1 Å². The number of nitrogens with one attached hydrogen (secondary N) is 1. The minimum atomic E-state index is -2.66. The number of carbonyl (C=O) groups is 2. The molecule has 0 saturated carbocycles. The summed E-state index contributed by atoms with van der Waals surface area (Å²) in [7, 11) is 0. The number of hydrogen-bond acceptors (Lipinski definition) is 10. The molecule has 1 saturated heterocycles. The number of rotatable bonds is 7. The van der Waals surface area contributed by atoms with E-state index in [-0.39, 0.29) is 24.2 Å². The van der Waals surface area contributed by atoms with Crippen LogP contribution in [0.1, 0.15) is 45.2 Å². The highest BCUT2D eigenvalue weighted by atomic mass is 16.7. The lowest BCUT2D eigenvalue weighted by Crippen LogP contribution is -2.58. The number of ether oxygens (including phenoxy) is 3. The molecule has 10 heteroatoms. The van der Waals surface area contributed by atoms with Gasteiger partial charge in [-0.3, -0.25) is 5.32 Å². The largest absolute Gasteiger partial charge is 0.453 e. The number of benzene rings is 2. The van der Waals surface area contributed by atoms with Crippen LogP contribution in [0.25, 0.3) is 0 Å². The number of aliphatic hydroxyl groups is 4. The molecule has 36 heavy (non-hydrogen) atoms. The van der Waals surface area contributed by atoms with Crippen LogP contribution in [-0.4, -0.2) is 62.1 Å². The second-order valence-electron chi connectivity index (χ2n) is 9.73. The van der Waals surface area contributed by atoms with Gasteiger partial charge < -0.3 is 34.6 Å². The van der Waals surface area contributed by atoms with Crippen LogP contribution >= 0.6 is 0 Å². The van der Waals surface area contributed by atoms with E-state index in [1.165, 1.54) is 18.2 Å². The summed E-state index contributed by atoms with van der Waals surface area (Å²) in [6.07, 6.45) is -6.05. The molecule has 0 aromatic heterocycles. The van der Waals surface area contributed by atoms with Gasteiger partial charge in [0.25, 0.3) is 11.7 Å². The molecular formula is C26H33NO9.